The van der Waals surface area contributed by atoms with Crippen molar-refractivity contribution in [2.24, 2.45) is 17.3 Å². The normalized spacial score (nSPS) is 28.3. The van der Waals surface area contributed by atoms with E-state index in [-0.39, 0.29) is 17.6 Å². The molecule has 122 valence electrons. The van der Waals surface area contributed by atoms with Crippen LogP contribution in [0.25, 0.3) is 0 Å². The van der Waals surface area contributed by atoms with Gasteiger partial charge in [-0.15, -0.1) is 0 Å². The summed E-state index contributed by atoms with van der Waals surface area (Å²) >= 11 is 0. The van der Waals surface area contributed by atoms with Crippen LogP contribution < -0.4 is 5.32 Å². The van der Waals surface area contributed by atoms with Gasteiger partial charge in [-0.3, -0.25) is 0 Å². The first kappa shape index (κ1) is 16.6. The number of amides is 2. The number of rotatable bonds is 4. The fraction of sp³-hybridized carbons (Fsp3) is 0.938. The van der Waals surface area contributed by atoms with E-state index in [9.17, 15) is 9.90 Å². The Hall–Kier alpha value is -0.810. The average Bonchev–Trinajstić information content (AvgIpc) is 2.77. The number of ether oxygens (including phenoxy) is 1. The van der Waals surface area contributed by atoms with Crippen molar-refractivity contribution in [1.82, 2.24) is 10.2 Å². The van der Waals surface area contributed by atoms with Crippen LogP contribution in [0.2, 0.25) is 0 Å². The highest BCUT2D eigenvalue weighted by atomic mass is 16.5. The highest BCUT2D eigenvalue weighted by Crippen LogP contribution is 2.50. The number of likely N-dealkylation sites (tertiary alicyclic amines) is 1. The third-order valence-electron chi connectivity index (χ3n) is 5.49. The summed E-state index contributed by atoms with van der Waals surface area (Å²) in [4.78, 5) is 13.9. The van der Waals surface area contributed by atoms with Gasteiger partial charge in [-0.25, -0.2) is 4.79 Å². The van der Waals surface area contributed by atoms with Gasteiger partial charge >= 0.3 is 6.03 Å². The Morgan fingerprint density at radius 2 is 2.05 bits per heavy atom. The molecular weight excluding hydrogens is 268 g/mol. The molecule has 1 saturated carbocycles. The molecular formula is C16H30N2O3. The second-order valence-electron chi connectivity index (χ2n) is 6.97. The predicted molar refractivity (Wildman–Crippen MR) is 82.1 cm³/mol. The number of aliphatic hydroxyl groups is 1. The molecule has 2 N–H and O–H groups in total. The van der Waals surface area contributed by atoms with Crippen LogP contribution >= 0.6 is 0 Å². The minimum Gasteiger partial charge on any atom is -0.392 e. The lowest BCUT2D eigenvalue weighted by molar-refractivity contribution is -0.0215. The number of piperidine rings is 1. The topological polar surface area (TPSA) is 61.8 Å². The maximum atomic E-state index is 12.0. The first-order valence-electron chi connectivity index (χ1n) is 8.20. The lowest BCUT2D eigenvalue weighted by Crippen LogP contribution is -2.50. The van der Waals surface area contributed by atoms with Crippen LogP contribution in [0.1, 0.15) is 39.5 Å². The van der Waals surface area contributed by atoms with Gasteiger partial charge in [0.25, 0.3) is 0 Å². The molecule has 1 spiro atoms. The Kier molecular flexibility index (Phi) is 5.49. The molecule has 2 rings (SSSR count). The van der Waals surface area contributed by atoms with Crippen molar-refractivity contribution in [2.75, 3.05) is 33.4 Å². The van der Waals surface area contributed by atoms with E-state index in [4.69, 9.17) is 4.74 Å². The molecule has 5 nitrogen and oxygen atoms in total. The molecule has 2 unspecified atom stereocenters. The summed E-state index contributed by atoms with van der Waals surface area (Å²) < 4.78 is 4.94. The van der Waals surface area contributed by atoms with Crippen molar-refractivity contribution in [3.8, 4) is 0 Å². The molecule has 1 aliphatic heterocycles. The largest absolute Gasteiger partial charge is 0.392 e. The van der Waals surface area contributed by atoms with Crippen molar-refractivity contribution in [1.29, 1.82) is 0 Å². The van der Waals surface area contributed by atoms with Crippen LogP contribution in [-0.2, 0) is 4.74 Å². The monoisotopic (exact) mass is 298 g/mol. The number of carbonyl (C=O) groups excluding carboxylic acids is 1. The van der Waals surface area contributed by atoms with Crippen LogP contribution in [0, 0.1) is 17.3 Å². The fourth-order valence-electron chi connectivity index (χ4n) is 3.98. The van der Waals surface area contributed by atoms with E-state index in [2.05, 4.69) is 19.2 Å². The zero-order chi connectivity index (χ0) is 15.5. The Morgan fingerprint density at radius 1 is 1.38 bits per heavy atom. The number of hydrogen-bond acceptors (Lipinski definition) is 3. The molecule has 21 heavy (non-hydrogen) atoms. The third-order valence-corrected chi connectivity index (χ3v) is 5.49. The fourth-order valence-corrected chi connectivity index (χ4v) is 3.98. The Labute approximate surface area is 128 Å². The molecule has 0 radical (unpaired) electrons. The third kappa shape index (κ3) is 3.51. The molecule has 0 bridgehead atoms. The minimum absolute atomic E-state index is 0.00482. The van der Waals surface area contributed by atoms with Gasteiger partial charge in [-0.05, 0) is 42.9 Å². The quantitative estimate of drug-likeness (QED) is 0.779. The first-order valence-corrected chi connectivity index (χ1v) is 8.20. The first-order chi connectivity index (χ1) is 10.00. The van der Waals surface area contributed by atoms with E-state index in [1.54, 1.807) is 7.11 Å². The van der Waals surface area contributed by atoms with E-state index in [1.165, 1.54) is 0 Å². The lowest BCUT2D eigenvalue weighted by atomic mass is 9.73. The molecule has 0 aromatic carbocycles. The minimum atomic E-state index is -0.198. The van der Waals surface area contributed by atoms with Crippen molar-refractivity contribution in [2.45, 2.75) is 45.6 Å². The lowest BCUT2D eigenvalue weighted by Gasteiger charge is -2.42. The van der Waals surface area contributed by atoms with Gasteiger partial charge in [-0.1, -0.05) is 13.8 Å². The molecule has 2 fully saturated rings. The summed E-state index contributed by atoms with van der Waals surface area (Å²) in [5.41, 5.74) is 0.0538. The Morgan fingerprint density at radius 3 is 2.57 bits per heavy atom. The number of carbonyl (C=O) groups is 1. The van der Waals surface area contributed by atoms with Crippen LogP contribution in [-0.4, -0.2) is 55.5 Å². The average molecular weight is 298 g/mol. The van der Waals surface area contributed by atoms with Crippen LogP contribution in [0.3, 0.4) is 0 Å². The van der Waals surface area contributed by atoms with E-state index < -0.39 is 0 Å². The number of methoxy groups -OCH3 is 1. The molecule has 5 heteroatoms. The van der Waals surface area contributed by atoms with E-state index >= 15 is 0 Å². The van der Waals surface area contributed by atoms with Gasteiger partial charge in [0.05, 0.1) is 12.7 Å². The van der Waals surface area contributed by atoms with E-state index in [1.807, 2.05) is 4.90 Å². The molecule has 1 aliphatic carbocycles. The van der Waals surface area contributed by atoms with E-state index in [0.717, 1.165) is 38.8 Å². The van der Waals surface area contributed by atoms with Crippen molar-refractivity contribution in [3.05, 3.63) is 0 Å². The van der Waals surface area contributed by atoms with Crippen molar-refractivity contribution >= 4 is 6.03 Å². The number of hydrogen-bond donors (Lipinski definition) is 2. The van der Waals surface area contributed by atoms with Gasteiger partial charge in [0.2, 0.25) is 0 Å². The zero-order valence-corrected chi connectivity index (χ0v) is 13.6. The molecule has 1 heterocycles. The maximum Gasteiger partial charge on any atom is 0.317 e. The molecule has 0 aromatic rings. The standard InChI is InChI=1S/C16H30N2O3/c1-12(2)13-4-5-16(14(13)19)6-9-18(10-7-16)15(20)17-8-11-21-3/h12-14,19H,4-11H2,1-3H3,(H,17,20). The van der Waals surface area contributed by atoms with Crippen LogP contribution in [0.4, 0.5) is 4.79 Å². The molecule has 2 atom stereocenters. The second-order valence-corrected chi connectivity index (χ2v) is 6.97. The summed E-state index contributed by atoms with van der Waals surface area (Å²) in [6.45, 7) is 6.99. The zero-order valence-electron chi connectivity index (χ0n) is 13.6. The second kappa shape index (κ2) is 6.97. The number of aliphatic hydroxyl groups excluding tert-OH is 1. The van der Waals surface area contributed by atoms with E-state index in [0.29, 0.717) is 25.0 Å². The molecule has 2 amide bonds. The Bertz CT molecular complexity index is 351. The van der Waals surface area contributed by atoms with Gasteiger partial charge in [0, 0.05) is 26.7 Å². The van der Waals surface area contributed by atoms with Gasteiger partial charge in [0.1, 0.15) is 0 Å². The van der Waals surface area contributed by atoms with Crippen LogP contribution in [0.5, 0.6) is 0 Å². The summed E-state index contributed by atoms with van der Waals surface area (Å²) in [5, 5.41) is 13.6. The van der Waals surface area contributed by atoms with Gasteiger partial charge in [0.15, 0.2) is 0 Å². The number of urea groups is 1. The highest BCUT2D eigenvalue weighted by Gasteiger charge is 2.49. The maximum absolute atomic E-state index is 12.0. The smallest absolute Gasteiger partial charge is 0.317 e. The molecule has 0 aromatic heterocycles. The van der Waals surface area contributed by atoms with Crippen molar-refractivity contribution in [3.63, 3.8) is 0 Å². The van der Waals surface area contributed by atoms with Crippen LogP contribution in [0.15, 0.2) is 0 Å². The predicted octanol–water partition coefficient (Wildman–Crippen LogP) is 1.85. The summed E-state index contributed by atoms with van der Waals surface area (Å²) in [6.07, 6.45) is 3.88. The number of nitrogens with one attached hydrogen (secondary N) is 1. The highest BCUT2D eigenvalue weighted by molar-refractivity contribution is 5.74. The molecule has 1 saturated heterocycles. The van der Waals surface area contributed by atoms with Gasteiger partial charge < -0.3 is 20.1 Å². The Balaban J connectivity index is 1.84. The van der Waals surface area contributed by atoms with Gasteiger partial charge in [-0.2, -0.15) is 0 Å². The summed E-state index contributed by atoms with van der Waals surface area (Å²) in [6, 6.07) is -0.00482. The SMILES string of the molecule is COCCNC(=O)N1CCC2(CCC(C(C)C)C2O)CC1. The summed E-state index contributed by atoms with van der Waals surface area (Å²) in [7, 11) is 1.63. The number of nitrogens with zero attached hydrogens (tertiary/aromatic N) is 1. The molecule has 2 aliphatic rings. The summed E-state index contributed by atoms with van der Waals surface area (Å²) in [5.74, 6) is 0.960. The van der Waals surface area contributed by atoms with Crippen molar-refractivity contribution < 1.29 is 14.6 Å².